The molecule has 1 aromatic carbocycles. The molecular formula is C19H17F3N4O3S. The molecule has 3 aromatic rings. The summed E-state index contributed by atoms with van der Waals surface area (Å²) >= 11 is 0. The average molecular weight is 438 g/mol. The first-order valence-electron chi connectivity index (χ1n) is 9.04. The number of hydrogen-bond acceptors (Lipinski definition) is 4. The molecule has 0 bridgehead atoms. The summed E-state index contributed by atoms with van der Waals surface area (Å²) in [5.41, 5.74) is -0.514. The number of sulfone groups is 1. The smallest absolute Gasteiger partial charge is 0.336 e. The SMILES string of the molecule is O=C(c1cnn(-c2cccc(C(F)(F)F)c2)c1-n1cccc1)N1CCS(=O)(=O)CC1. The van der Waals surface area contributed by atoms with Gasteiger partial charge in [0, 0.05) is 25.5 Å². The lowest BCUT2D eigenvalue weighted by molar-refractivity contribution is -0.137. The summed E-state index contributed by atoms with van der Waals surface area (Å²) < 4.78 is 65.6. The van der Waals surface area contributed by atoms with Gasteiger partial charge in [0.1, 0.15) is 5.56 Å². The van der Waals surface area contributed by atoms with Gasteiger partial charge < -0.3 is 9.47 Å². The van der Waals surface area contributed by atoms with Crippen molar-refractivity contribution in [3.8, 4) is 11.5 Å². The third kappa shape index (κ3) is 3.84. The maximum absolute atomic E-state index is 13.2. The van der Waals surface area contributed by atoms with Crippen LogP contribution in [0, 0.1) is 0 Å². The first kappa shape index (κ1) is 20.2. The van der Waals surface area contributed by atoms with Crippen LogP contribution in [0.3, 0.4) is 0 Å². The number of amides is 1. The molecule has 0 aliphatic carbocycles. The molecule has 3 heterocycles. The Bertz CT molecular complexity index is 1170. The van der Waals surface area contributed by atoms with Crippen LogP contribution in [0.2, 0.25) is 0 Å². The Kier molecular flexibility index (Phi) is 4.92. The lowest BCUT2D eigenvalue weighted by Gasteiger charge is -2.26. The number of benzene rings is 1. The summed E-state index contributed by atoms with van der Waals surface area (Å²) in [7, 11) is -3.17. The molecule has 0 N–H and O–H groups in total. The molecule has 7 nitrogen and oxygen atoms in total. The van der Waals surface area contributed by atoms with E-state index in [1.54, 1.807) is 29.1 Å². The van der Waals surface area contributed by atoms with E-state index in [0.29, 0.717) is 0 Å². The van der Waals surface area contributed by atoms with E-state index in [-0.39, 0.29) is 41.7 Å². The molecule has 2 aromatic heterocycles. The van der Waals surface area contributed by atoms with E-state index in [1.165, 1.54) is 27.9 Å². The molecule has 1 fully saturated rings. The van der Waals surface area contributed by atoms with Gasteiger partial charge in [0.05, 0.1) is 29.0 Å². The highest BCUT2D eigenvalue weighted by Gasteiger charge is 2.32. The molecule has 0 saturated carbocycles. The molecule has 158 valence electrons. The lowest BCUT2D eigenvalue weighted by Crippen LogP contribution is -2.43. The summed E-state index contributed by atoms with van der Waals surface area (Å²) in [6.45, 7) is 0.113. The van der Waals surface area contributed by atoms with Crippen LogP contribution in [0.25, 0.3) is 11.5 Å². The van der Waals surface area contributed by atoms with E-state index in [2.05, 4.69) is 5.10 Å². The molecule has 1 aliphatic rings. The van der Waals surface area contributed by atoms with E-state index >= 15 is 0 Å². The molecule has 4 rings (SSSR count). The molecule has 0 atom stereocenters. The quantitative estimate of drug-likeness (QED) is 0.630. The highest BCUT2D eigenvalue weighted by Crippen LogP contribution is 2.31. The van der Waals surface area contributed by atoms with E-state index in [0.717, 1.165) is 12.1 Å². The monoisotopic (exact) mass is 438 g/mol. The van der Waals surface area contributed by atoms with Crippen molar-refractivity contribution in [2.75, 3.05) is 24.6 Å². The third-order valence-corrected chi connectivity index (χ3v) is 6.48. The van der Waals surface area contributed by atoms with Crippen molar-refractivity contribution in [2.45, 2.75) is 6.18 Å². The molecule has 0 unspecified atom stereocenters. The van der Waals surface area contributed by atoms with Crippen molar-refractivity contribution in [3.05, 3.63) is 66.1 Å². The summed E-state index contributed by atoms with van der Waals surface area (Å²) in [6, 6.07) is 8.09. The zero-order chi connectivity index (χ0) is 21.5. The fourth-order valence-electron chi connectivity index (χ4n) is 3.31. The van der Waals surface area contributed by atoms with Gasteiger partial charge in [-0.1, -0.05) is 6.07 Å². The summed E-state index contributed by atoms with van der Waals surface area (Å²) in [5.74, 6) is -0.400. The van der Waals surface area contributed by atoms with Crippen LogP contribution in [-0.4, -0.2) is 58.2 Å². The Morgan fingerprint density at radius 1 is 1.03 bits per heavy atom. The van der Waals surface area contributed by atoms with Gasteiger partial charge in [-0.05, 0) is 30.3 Å². The maximum Gasteiger partial charge on any atom is 0.416 e. The molecule has 0 radical (unpaired) electrons. The van der Waals surface area contributed by atoms with Crippen LogP contribution in [0.1, 0.15) is 15.9 Å². The third-order valence-electron chi connectivity index (χ3n) is 4.87. The minimum Gasteiger partial charge on any atom is -0.336 e. The van der Waals surface area contributed by atoms with Gasteiger partial charge in [-0.25, -0.2) is 13.1 Å². The van der Waals surface area contributed by atoms with Gasteiger partial charge in [0.15, 0.2) is 15.7 Å². The van der Waals surface area contributed by atoms with E-state index in [1.807, 2.05) is 0 Å². The van der Waals surface area contributed by atoms with Crippen LogP contribution in [0.5, 0.6) is 0 Å². The molecule has 1 aliphatic heterocycles. The average Bonchev–Trinajstić information content (AvgIpc) is 3.36. The van der Waals surface area contributed by atoms with Crippen molar-refractivity contribution in [2.24, 2.45) is 0 Å². The Morgan fingerprint density at radius 2 is 1.70 bits per heavy atom. The molecule has 1 amide bonds. The van der Waals surface area contributed by atoms with E-state index in [9.17, 15) is 26.4 Å². The summed E-state index contributed by atoms with van der Waals surface area (Å²) in [6.07, 6.45) is 0.0763. The van der Waals surface area contributed by atoms with Crippen molar-refractivity contribution >= 4 is 15.7 Å². The first-order valence-corrected chi connectivity index (χ1v) is 10.9. The molecular weight excluding hydrogens is 421 g/mol. The van der Waals surface area contributed by atoms with Crippen LogP contribution >= 0.6 is 0 Å². The zero-order valence-electron chi connectivity index (χ0n) is 15.6. The van der Waals surface area contributed by atoms with E-state index in [4.69, 9.17) is 0 Å². The fourth-order valence-corrected chi connectivity index (χ4v) is 4.51. The Balaban J connectivity index is 1.78. The minimum absolute atomic E-state index is 0.0566. The van der Waals surface area contributed by atoms with Crippen molar-refractivity contribution in [1.82, 2.24) is 19.2 Å². The first-order chi connectivity index (χ1) is 14.2. The lowest BCUT2D eigenvalue weighted by atomic mass is 10.2. The molecule has 30 heavy (non-hydrogen) atoms. The van der Waals surface area contributed by atoms with Crippen molar-refractivity contribution in [1.29, 1.82) is 0 Å². The van der Waals surface area contributed by atoms with Crippen molar-refractivity contribution < 1.29 is 26.4 Å². The summed E-state index contributed by atoms with van der Waals surface area (Å²) in [4.78, 5) is 14.5. The molecule has 1 saturated heterocycles. The highest BCUT2D eigenvalue weighted by atomic mass is 32.2. The zero-order valence-corrected chi connectivity index (χ0v) is 16.4. The predicted molar refractivity (Wildman–Crippen MR) is 102 cm³/mol. The highest BCUT2D eigenvalue weighted by molar-refractivity contribution is 7.91. The van der Waals surface area contributed by atoms with E-state index < -0.39 is 27.5 Å². The molecule has 0 spiro atoms. The van der Waals surface area contributed by atoms with Crippen LogP contribution in [0.4, 0.5) is 13.2 Å². The van der Waals surface area contributed by atoms with Crippen LogP contribution in [0.15, 0.2) is 55.0 Å². The van der Waals surface area contributed by atoms with Gasteiger partial charge in [-0.3, -0.25) is 4.79 Å². The Morgan fingerprint density at radius 3 is 2.33 bits per heavy atom. The van der Waals surface area contributed by atoms with Gasteiger partial charge >= 0.3 is 6.18 Å². The number of halogens is 3. The second-order valence-electron chi connectivity index (χ2n) is 6.88. The van der Waals surface area contributed by atoms with Gasteiger partial charge in [0.25, 0.3) is 5.91 Å². The fraction of sp³-hybridized carbons (Fsp3) is 0.263. The van der Waals surface area contributed by atoms with Crippen LogP contribution in [-0.2, 0) is 16.0 Å². The number of aromatic nitrogens is 3. The standard InChI is InChI=1S/C19H17F3N4O3S/c20-19(21,22)14-4-3-5-15(12-14)26-17(24-6-1-2-7-24)16(13-23-26)18(27)25-8-10-30(28,29)11-9-25/h1-7,12-13H,8-11H2. The van der Waals surface area contributed by atoms with Gasteiger partial charge in [0.2, 0.25) is 0 Å². The Hall–Kier alpha value is -3.08. The Labute approximate surface area is 170 Å². The summed E-state index contributed by atoms with van der Waals surface area (Å²) in [5, 5.41) is 4.17. The topological polar surface area (TPSA) is 77.2 Å². The minimum atomic E-state index is -4.52. The largest absolute Gasteiger partial charge is 0.416 e. The van der Waals surface area contributed by atoms with Gasteiger partial charge in [-0.2, -0.15) is 18.3 Å². The number of carbonyl (C=O) groups excluding carboxylic acids is 1. The number of carbonyl (C=O) groups is 1. The second kappa shape index (κ2) is 7.31. The number of hydrogen-bond donors (Lipinski definition) is 0. The predicted octanol–water partition coefficient (Wildman–Crippen LogP) is 2.55. The van der Waals surface area contributed by atoms with Crippen LogP contribution < -0.4 is 0 Å². The maximum atomic E-state index is 13.2. The molecule has 11 heteroatoms. The van der Waals surface area contributed by atoms with Gasteiger partial charge in [-0.15, -0.1) is 0 Å². The number of alkyl halides is 3. The number of nitrogens with zero attached hydrogens (tertiary/aromatic N) is 4. The number of rotatable bonds is 3. The van der Waals surface area contributed by atoms with Crippen molar-refractivity contribution in [3.63, 3.8) is 0 Å². The second-order valence-corrected chi connectivity index (χ2v) is 9.18. The normalized spacial score (nSPS) is 16.6.